The highest BCUT2D eigenvalue weighted by molar-refractivity contribution is 4.97. The zero-order valence-electron chi connectivity index (χ0n) is 9.36. The summed E-state index contributed by atoms with van der Waals surface area (Å²) in [6.45, 7) is -0.896. The molecule has 5 atom stereocenters. The van der Waals surface area contributed by atoms with Gasteiger partial charge >= 0.3 is 0 Å². The van der Waals surface area contributed by atoms with Gasteiger partial charge in [0, 0.05) is 0 Å². The highest BCUT2D eigenvalue weighted by Gasteiger charge is 2.45. The molecule has 0 radical (unpaired) electrons. The summed E-state index contributed by atoms with van der Waals surface area (Å²) in [5.41, 5.74) is 0.277. The van der Waals surface area contributed by atoms with Crippen molar-refractivity contribution in [2.24, 2.45) is 0 Å². The molecule has 0 spiro atoms. The van der Waals surface area contributed by atoms with Gasteiger partial charge in [0.1, 0.15) is 24.4 Å². The van der Waals surface area contributed by atoms with Crippen molar-refractivity contribution in [3.8, 4) is 0 Å². The van der Waals surface area contributed by atoms with Crippen LogP contribution >= 0.6 is 0 Å². The fourth-order valence-corrected chi connectivity index (χ4v) is 1.88. The second kappa shape index (κ2) is 5.26. The molecule has 102 valence electrons. The predicted molar refractivity (Wildman–Crippen MR) is 55.0 cm³/mol. The number of aliphatic hydroxyl groups excluding tert-OH is 5. The van der Waals surface area contributed by atoms with Gasteiger partial charge in [0.2, 0.25) is 0 Å². The van der Waals surface area contributed by atoms with Gasteiger partial charge in [-0.1, -0.05) is 5.21 Å². The molecule has 0 unspecified atom stereocenters. The van der Waals surface area contributed by atoms with Gasteiger partial charge in [0.25, 0.3) is 0 Å². The number of ether oxygens (including phenoxy) is 1. The van der Waals surface area contributed by atoms with E-state index in [9.17, 15) is 15.3 Å². The van der Waals surface area contributed by atoms with E-state index in [4.69, 9.17) is 14.9 Å². The van der Waals surface area contributed by atoms with Crippen molar-refractivity contribution in [2.75, 3.05) is 6.61 Å². The van der Waals surface area contributed by atoms with Gasteiger partial charge < -0.3 is 30.3 Å². The first-order chi connectivity index (χ1) is 8.60. The van der Waals surface area contributed by atoms with Crippen LogP contribution in [-0.2, 0) is 11.3 Å². The van der Waals surface area contributed by atoms with Crippen molar-refractivity contribution in [1.29, 1.82) is 0 Å². The van der Waals surface area contributed by atoms with Gasteiger partial charge in [0.05, 0.1) is 25.1 Å². The zero-order valence-corrected chi connectivity index (χ0v) is 9.36. The third kappa shape index (κ3) is 2.11. The fraction of sp³-hybridized carbons (Fsp3) is 0.778. The second-order valence-electron chi connectivity index (χ2n) is 4.05. The van der Waals surface area contributed by atoms with Crippen molar-refractivity contribution in [1.82, 2.24) is 15.0 Å². The molecule has 1 aromatic rings. The molecule has 2 rings (SSSR count). The van der Waals surface area contributed by atoms with Crippen LogP contribution in [0.25, 0.3) is 0 Å². The number of aromatic nitrogens is 3. The van der Waals surface area contributed by atoms with E-state index in [1.807, 2.05) is 0 Å². The van der Waals surface area contributed by atoms with Crippen molar-refractivity contribution in [3.05, 3.63) is 11.9 Å². The summed E-state index contributed by atoms with van der Waals surface area (Å²) in [5, 5.41) is 54.3. The molecule has 5 N–H and O–H groups in total. The third-order valence-corrected chi connectivity index (χ3v) is 2.92. The monoisotopic (exact) mass is 261 g/mol. The smallest absolute Gasteiger partial charge is 0.181 e. The fourth-order valence-electron chi connectivity index (χ4n) is 1.88. The molecule has 1 fully saturated rings. The van der Waals surface area contributed by atoms with Crippen LogP contribution in [-0.4, -0.2) is 71.5 Å². The van der Waals surface area contributed by atoms with Crippen molar-refractivity contribution in [2.45, 2.75) is 37.3 Å². The molecule has 9 nitrogen and oxygen atoms in total. The van der Waals surface area contributed by atoms with E-state index in [1.54, 1.807) is 0 Å². The number of hydrogen-bond donors (Lipinski definition) is 5. The van der Waals surface area contributed by atoms with E-state index in [2.05, 4.69) is 10.3 Å². The SMILES string of the molecule is OCc1cnnn1[C@H]1O[C@H](CO)[C@@H](O)[C@H](O)[C@@H]1O. The average molecular weight is 261 g/mol. The molecule has 9 heteroatoms. The Morgan fingerprint density at radius 1 is 1.17 bits per heavy atom. The molecular weight excluding hydrogens is 246 g/mol. The normalized spacial score (nSPS) is 36.8. The predicted octanol–water partition coefficient (Wildman–Crippen LogP) is -3.26. The minimum atomic E-state index is -1.49. The minimum Gasteiger partial charge on any atom is -0.394 e. The number of rotatable bonds is 3. The third-order valence-electron chi connectivity index (χ3n) is 2.92. The lowest BCUT2D eigenvalue weighted by atomic mass is 9.98. The van der Waals surface area contributed by atoms with Gasteiger partial charge in [-0.2, -0.15) is 0 Å². The maximum atomic E-state index is 9.83. The van der Waals surface area contributed by atoms with E-state index in [-0.39, 0.29) is 12.3 Å². The topological polar surface area (TPSA) is 141 Å². The van der Waals surface area contributed by atoms with Crippen molar-refractivity contribution < 1.29 is 30.3 Å². The van der Waals surface area contributed by atoms with Crippen LogP contribution in [0.1, 0.15) is 11.9 Å². The van der Waals surface area contributed by atoms with Crippen LogP contribution in [0.5, 0.6) is 0 Å². The quantitative estimate of drug-likeness (QED) is 0.382. The van der Waals surface area contributed by atoms with E-state index in [0.29, 0.717) is 0 Å². The van der Waals surface area contributed by atoms with Gasteiger partial charge in [-0.05, 0) is 0 Å². The molecule has 1 aromatic heterocycles. The van der Waals surface area contributed by atoms with Crippen molar-refractivity contribution >= 4 is 0 Å². The molecule has 0 amide bonds. The van der Waals surface area contributed by atoms with Crippen LogP contribution < -0.4 is 0 Å². The molecule has 0 bridgehead atoms. The molecule has 1 aliphatic heterocycles. The van der Waals surface area contributed by atoms with Gasteiger partial charge in [-0.15, -0.1) is 5.10 Å². The first kappa shape index (κ1) is 13.3. The van der Waals surface area contributed by atoms with E-state index >= 15 is 0 Å². The van der Waals surface area contributed by atoms with Gasteiger partial charge in [0.15, 0.2) is 6.23 Å². The summed E-state index contributed by atoms with van der Waals surface area (Å²) in [5.74, 6) is 0. The van der Waals surface area contributed by atoms with Crippen LogP contribution in [0.2, 0.25) is 0 Å². The highest BCUT2D eigenvalue weighted by Crippen LogP contribution is 2.28. The largest absolute Gasteiger partial charge is 0.394 e. The summed E-state index contributed by atoms with van der Waals surface area (Å²) >= 11 is 0. The summed E-state index contributed by atoms with van der Waals surface area (Å²) in [6, 6.07) is 0. The van der Waals surface area contributed by atoms with Crippen LogP contribution in [0.4, 0.5) is 0 Å². The molecular formula is C9H15N3O6. The van der Waals surface area contributed by atoms with Crippen LogP contribution in [0, 0.1) is 0 Å². The zero-order chi connectivity index (χ0) is 13.3. The molecule has 0 aromatic carbocycles. The second-order valence-corrected chi connectivity index (χ2v) is 4.05. The lowest BCUT2D eigenvalue weighted by molar-refractivity contribution is -0.254. The molecule has 0 saturated carbocycles. The Kier molecular flexibility index (Phi) is 3.90. The molecule has 0 aliphatic carbocycles. The molecule has 1 aliphatic rings. The summed E-state index contributed by atoms with van der Waals surface area (Å²) in [7, 11) is 0. The lowest BCUT2D eigenvalue weighted by Gasteiger charge is -2.39. The van der Waals surface area contributed by atoms with Crippen LogP contribution in [0.15, 0.2) is 6.20 Å². The van der Waals surface area contributed by atoms with Gasteiger partial charge in [-0.3, -0.25) is 0 Å². The number of hydrogen-bond acceptors (Lipinski definition) is 8. The Morgan fingerprint density at radius 3 is 2.50 bits per heavy atom. The molecule has 1 saturated heterocycles. The number of nitrogens with zero attached hydrogens (tertiary/aromatic N) is 3. The van der Waals surface area contributed by atoms with Crippen molar-refractivity contribution in [3.63, 3.8) is 0 Å². The highest BCUT2D eigenvalue weighted by atomic mass is 16.6. The Balaban J connectivity index is 2.27. The Morgan fingerprint density at radius 2 is 1.89 bits per heavy atom. The minimum absolute atomic E-state index is 0.277. The average Bonchev–Trinajstić information content (AvgIpc) is 2.84. The van der Waals surface area contributed by atoms with E-state index < -0.39 is 37.3 Å². The Bertz CT molecular complexity index is 397. The Labute approximate surface area is 102 Å². The maximum Gasteiger partial charge on any atom is 0.181 e. The standard InChI is InChI=1S/C9H15N3O6/c13-2-4-1-10-11-12(4)9-8(17)7(16)6(15)5(3-14)18-9/h1,5-9,13-17H,2-3H2/t5-,6-,7+,8+,9+/m1/s1. The number of aliphatic hydroxyl groups is 5. The summed E-state index contributed by atoms with van der Waals surface area (Å²) in [4.78, 5) is 0. The molecule has 18 heavy (non-hydrogen) atoms. The maximum absolute atomic E-state index is 9.83. The Hall–Kier alpha value is -1.10. The van der Waals surface area contributed by atoms with E-state index in [1.165, 1.54) is 6.20 Å². The summed E-state index contributed by atoms with van der Waals surface area (Å²) in [6.07, 6.45) is -5.25. The van der Waals surface area contributed by atoms with E-state index in [0.717, 1.165) is 4.68 Å². The van der Waals surface area contributed by atoms with Crippen LogP contribution in [0.3, 0.4) is 0 Å². The van der Waals surface area contributed by atoms with Gasteiger partial charge in [-0.25, -0.2) is 4.68 Å². The summed E-state index contributed by atoms with van der Waals surface area (Å²) < 4.78 is 6.36. The lowest BCUT2D eigenvalue weighted by Crippen LogP contribution is -2.56. The first-order valence-electron chi connectivity index (χ1n) is 5.40. The molecule has 2 heterocycles. The first-order valence-corrected chi connectivity index (χ1v) is 5.40.